The molecule has 5 nitrogen and oxygen atoms in total. The standard InChI is InChI=1S/C18H15N3O2S2/c1-21-13-8-4-2-6-11(13)16(17(21)23)20-15(22)10-24-18-19-12-7-3-5-9-14(12)25-18/h2-9,16H,10H2,1H3,(H,20,22). The van der Waals surface area contributed by atoms with E-state index < -0.39 is 6.04 Å². The molecule has 1 atom stereocenters. The van der Waals surface area contributed by atoms with Gasteiger partial charge in [0, 0.05) is 18.3 Å². The van der Waals surface area contributed by atoms with Gasteiger partial charge in [0.1, 0.15) is 6.04 Å². The third-order valence-electron chi connectivity index (χ3n) is 4.09. The van der Waals surface area contributed by atoms with Gasteiger partial charge in [-0.15, -0.1) is 11.3 Å². The Kier molecular flexibility index (Phi) is 4.19. The number of hydrogen-bond donors (Lipinski definition) is 1. The molecule has 0 spiro atoms. The number of para-hydroxylation sites is 2. The summed E-state index contributed by atoms with van der Waals surface area (Å²) in [6.45, 7) is 0. The van der Waals surface area contributed by atoms with Crippen LogP contribution in [0.25, 0.3) is 10.2 Å². The van der Waals surface area contributed by atoms with Crippen molar-refractivity contribution in [2.45, 2.75) is 10.4 Å². The van der Waals surface area contributed by atoms with Crippen molar-refractivity contribution < 1.29 is 9.59 Å². The van der Waals surface area contributed by atoms with Gasteiger partial charge >= 0.3 is 0 Å². The molecule has 0 saturated heterocycles. The molecule has 1 N–H and O–H groups in total. The summed E-state index contributed by atoms with van der Waals surface area (Å²) >= 11 is 2.96. The smallest absolute Gasteiger partial charge is 0.254 e. The normalized spacial score (nSPS) is 16.3. The average Bonchev–Trinajstić information content (AvgIpc) is 3.15. The van der Waals surface area contributed by atoms with Crippen molar-refractivity contribution in [1.82, 2.24) is 10.3 Å². The number of carbonyl (C=O) groups is 2. The van der Waals surface area contributed by atoms with E-state index in [4.69, 9.17) is 0 Å². The number of carbonyl (C=O) groups excluding carboxylic acids is 2. The van der Waals surface area contributed by atoms with Gasteiger partial charge in [-0.3, -0.25) is 9.59 Å². The van der Waals surface area contributed by atoms with Crippen LogP contribution in [-0.4, -0.2) is 29.6 Å². The molecule has 0 aliphatic carbocycles. The number of hydrogen-bond acceptors (Lipinski definition) is 5. The lowest BCUT2D eigenvalue weighted by Crippen LogP contribution is -2.36. The number of anilines is 1. The zero-order valence-corrected chi connectivity index (χ0v) is 15.1. The molecule has 7 heteroatoms. The van der Waals surface area contributed by atoms with E-state index in [0.717, 1.165) is 25.8 Å². The van der Waals surface area contributed by atoms with Crippen LogP contribution < -0.4 is 10.2 Å². The molecule has 25 heavy (non-hydrogen) atoms. The monoisotopic (exact) mass is 369 g/mol. The van der Waals surface area contributed by atoms with Crippen molar-refractivity contribution in [2.75, 3.05) is 17.7 Å². The Morgan fingerprint density at radius 1 is 1.24 bits per heavy atom. The maximum Gasteiger partial charge on any atom is 0.254 e. The number of amides is 2. The maximum absolute atomic E-state index is 12.4. The van der Waals surface area contributed by atoms with E-state index in [0.29, 0.717) is 0 Å². The SMILES string of the molecule is CN1C(=O)C(NC(=O)CSc2nc3ccccc3s2)c2ccccc21. The van der Waals surface area contributed by atoms with Crippen molar-refractivity contribution in [3.05, 3.63) is 54.1 Å². The van der Waals surface area contributed by atoms with Crippen LogP contribution in [0.2, 0.25) is 0 Å². The molecule has 1 aliphatic rings. The Balaban J connectivity index is 1.43. The Morgan fingerprint density at radius 3 is 2.84 bits per heavy atom. The molecule has 2 aromatic carbocycles. The lowest BCUT2D eigenvalue weighted by molar-refractivity contribution is -0.125. The van der Waals surface area contributed by atoms with Crippen LogP contribution in [-0.2, 0) is 9.59 Å². The molecule has 1 aliphatic heterocycles. The maximum atomic E-state index is 12.4. The summed E-state index contributed by atoms with van der Waals surface area (Å²) in [5.41, 5.74) is 2.63. The van der Waals surface area contributed by atoms with Gasteiger partial charge in [-0.1, -0.05) is 42.1 Å². The Morgan fingerprint density at radius 2 is 2.00 bits per heavy atom. The molecule has 1 aromatic heterocycles. The fraction of sp³-hybridized carbons (Fsp3) is 0.167. The van der Waals surface area contributed by atoms with E-state index >= 15 is 0 Å². The van der Waals surface area contributed by atoms with Crippen LogP contribution in [0, 0.1) is 0 Å². The molecule has 4 rings (SSSR count). The summed E-state index contributed by atoms with van der Waals surface area (Å²) < 4.78 is 1.96. The molecule has 126 valence electrons. The van der Waals surface area contributed by atoms with Gasteiger partial charge in [-0.25, -0.2) is 4.98 Å². The summed E-state index contributed by atoms with van der Waals surface area (Å²) in [7, 11) is 1.73. The van der Waals surface area contributed by atoms with Crippen LogP contribution >= 0.6 is 23.1 Å². The Hall–Kier alpha value is -2.38. The number of nitrogens with zero attached hydrogens (tertiary/aromatic N) is 2. The first-order valence-corrected chi connectivity index (χ1v) is 9.58. The number of thiazole rings is 1. The average molecular weight is 369 g/mol. The highest BCUT2D eigenvalue weighted by Crippen LogP contribution is 2.34. The second kappa shape index (κ2) is 6.50. The minimum atomic E-state index is -0.607. The second-order valence-corrected chi connectivity index (χ2v) is 7.95. The van der Waals surface area contributed by atoms with Gasteiger partial charge in [0.2, 0.25) is 5.91 Å². The molecule has 2 amide bonds. The van der Waals surface area contributed by atoms with Crippen LogP contribution in [0.1, 0.15) is 11.6 Å². The third-order valence-corrected chi connectivity index (χ3v) is 6.27. The van der Waals surface area contributed by atoms with Gasteiger partial charge in [-0.2, -0.15) is 0 Å². The van der Waals surface area contributed by atoms with Crippen molar-refractivity contribution >= 4 is 50.8 Å². The van der Waals surface area contributed by atoms with Crippen LogP contribution in [0.4, 0.5) is 5.69 Å². The summed E-state index contributed by atoms with van der Waals surface area (Å²) in [4.78, 5) is 30.8. The van der Waals surface area contributed by atoms with Crippen molar-refractivity contribution in [1.29, 1.82) is 0 Å². The lowest BCUT2D eigenvalue weighted by Gasteiger charge is -2.12. The largest absolute Gasteiger partial charge is 0.340 e. The van der Waals surface area contributed by atoms with Crippen LogP contribution in [0.3, 0.4) is 0 Å². The third kappa shape index (κ3) is 3.01. The van der Waals surface area contributed by atoms with Crippen LogP contribution in [0.5, 0.6) is 0 Å². The molecule has 1 unspecified atom stereocenters. The number of likely N-dealkylation sites (N-methyl/N-ethyl adjacent to an activating group) is 1. The van der Waals surface area contributed by atoms with Crippen molar-refractivity contribution in [2.24, 2.45) is 0 Å². The highest BCUT2D eigenvalue weighted by atomic mass is 32.2. The summed E-state index contributed by atoms with van der Waals surface area (Å²) in [6.07, 6.45) is 0. The van der Waals surface area contributed by atoms with Crippen LogP contribution in [0.15, 0.2) is 52.9 Å². The molecule has 0 bridgehead atoms. The molecular weight excluding hydrogens is 354 g/mol. The van der Waals surface area contributed by atoms with E-state index in [1.54, 1.807) is 23.3 Å². The first kappa shape index (κ1) is 16.1. The summed E-state index contributed by atoms with van der Waals surface area (Å²) in [5.74, 6) is -0.0533. The van der Waals surface area contributed by atoms with Crippen molar-refractivity contribution in [3.63, 3.8) is 0 Å². The number of fused-ring (bicyclic) bond motifs is 2. The van der Waals surface area contributed by atoms with Gasteiger partial charge in [0.05, 0.1) is 16.0 Å². The van der Waals surface area contributed by atoms with E-state index in [1.165, 1.54) is 11.8 Å². The number of benzene rings is 2. The Bertz CT molecular complexity index is 937. The summed E-state index contributed by atoms with van der Waals surface area (Å²) in [5, 5.41) is 2.85. The highest BCUT2D eigenvalue weighted by Gasteiger charge is 2.35. The number of nitrogens with one attached hydrogen (secondary N) is 1. The van der Waals surface area contributed by atoms with E-state index in [9.17, 15) is 9.59 Å². The first-order valence-electron chi connectivity index (χ1n) is 7.78. The van der Waals surface area contributed by atoms with Gasteiger partial charge in [0.25, 0.3) is 5.91 Å². The number of thioether (sulfide) groups is 1. The number of rotatable bonds is 4. The molecular formula is C18H15N3O2S2. The lowest BCUT2D eigenvalue weighted by atomic mass is 10.1. The summed E-state index contributed by atoms with van der Waals surface area (Å²) in [6, 6.07) is 14.8. The predicted molar refractivity (Wildman–Crippen MR) is 101 cm³/mol. The minimum Gasteiger partial charge on any atom is -0.340 e. The van der Waals surface area contributed by atoms with E-state index in [1.807, 2.05) is 48.5 Å². The van der Waals surface area contributed by atoms with Gasteiger partial charge in [-0.05, 0) is 18.2 Å². The molecule has 0 radical (unpaired) electrons. The number of aromatic nitrogens is 1. The molecule has 3 aromatic rings. The zero-order valence-electron chi connectivity index (χ0n) is 13.4. The van der Waals surface area contributed by atoms with Crippen molar-refractivity contribution in [3.8, 4) is 0 Å². The minimum absolute atomic E-state index is 0.112. The quantitative estimate of drug-likeness (QED) is 0.717. The van der Waals surface area contributed by atoms with E-state index in [2.05, 4.69) is 10.3 Å². The fourth-order valence-corrected chi connectivity index (χ4v) is 4.74. The highest BCUT2D eigenvalue weighted by molar-refractivity contribution is 8.01. The molecule has 2 heterocycles. The van der Waals surface area contributed by atoms with Gasteiger partial charge in [0.15, 0.2) is 4.34 Å². The Labute approximate surface area is 153 Å². The zero-order chi connectivity index (χ0) is 17.4. The second-order valence-electron chi connectivity index (χ2n) is 5.69. The topological polar surface area (TPSA) is 62.3 Å². The molecule has 0 fully saturated rings. The van der Waals surface area contributed by atoms with Gasteiger partial charge < -0.3 is 10.2 Å². The first-order chi connectivity index (χ1) is 12.1. The van der Waals surface area contributed by atoms with E-state index in [-0.39, 0.29) is 17.6 Å². The predicted octanol–water partition coefficient (Wildman–Crippen LogP) is 3.22. The fourth-order valence-electron chi connectivity index (χ4n) is 2.86. The molecule has 0 saturated carbocycles.